The summed E-state index contributed by atoms with van der Waals surface area (Å²) < 4.78 is 37.0. The molecular formula is C21H30N2O6S. The van der Waals surface area contributed by atoms with Crippen LogP contribution in [-0.2, 0) is 35.5 Å². The summed E-state index contributed by atoms with van der Waals surface area (Å²) in [5.74, 6) is -0.578. The molecule has 30 heavy (non-hydrogen) atoms. The zero-order chi connectivity index (χ0) is 21.6. The number of nitrogens with zero attached hydrogens (tertiary/aromatic N) is 2. The Bertz CT molecular complexity index is 834. The summed E-state index contributed by atoms with van der Waals surface area (Å²) in [4.78, 5) is 26.3. The SMILES string of the molecule is CC1CCCCN1C(=O)COC(=O)CCc1ccc(S(=O)(=O)N2CCOCC2)cc1. The van der Waals surface area contributed by atoms with Crippen molar-refractivity contribution in [3.8, 4) is 0 Å². The highest BCUT2D eigenvalue weighted by atomic mass is 32.2. The predicted molar refractivity (Wildman–Crippen MR) is 110 cm³/mol. The van der Waals surface area contributed by atoms with E-state index in [0.29, 0.717) is 32.7 Å². The zero-order valence-electron chi connectivity index (χ0n) is 17.4. The number of hydrogen-bond acceptors (Lipinski definition) is 6. The van der Waals surface area contributed by atoms with E-state index in [0.717, 1.165) is 31.4 Å². The van der Waals surface area contributed by atoms with Crippen LogP contribution in [0.15, 0.2) is 29.2 Å². The van der Waals surface area contributed by atoms with Crippen LogP contribution in [0, 0.1) is 0 Å². The van der Waals surface area contributed by atoms with Crippen LogP contribution >= 0.6 is 0 Å². The molecule has 2 aliphatic rings. The van der Waals surface area contributed by atoms with Gasteiger partial charge >= 0.3 is 5.97 Å². The van der Waals surface area contributed by atoms with Gasteiger partial charge in [0.25, 0.3) is 5.91 Å². The Morgan fingerprint density at radius 2 is 1.80 bits per heavy atom. The second-order valence-corrected chi connectivity index (χ2v) is 9.69. The molecule has 0 saturated carbocycles. The average Bonchev–Trinajstić information content (AvgIpc) is 2.77. The Kier molecular flexibility index (Phi) is 7.85. The van der Waals surface area contributed by atoms with Crippen molar-refractivity contribution in [2.24, 2.45) is 0 Å². The molecule has 2 heterocycles. The fourth-order valence-electron chi connectivity index (χ4n) is 3.78. The van der Waals surface area contributed by atoms with Crippen LogP contribution in [0.2, 0.25) is 0 Å². The molecular weight excluding hydrogens is 408 g/mol. The number of sulfonamides is 1. The molecule has 1 atom stereocenters. The highest BCUT2D eigenvalue weighted by Gasteiger charge is 2.26. The minimum Gasteiger partial charge on any atom is -0.456 e. The number of carbonyl (C=O) groups is 2. The van der Waals surface area contributed by atoms with Crippen LogP contribution in [-0.4, -0.2) is 75.0 Å². The first-order valence-electron chi connectivity index (χ1n) is 10.5. The summed E-state index contributed by atoms with van der Waals surface area (Å²) in [7, 11) is -3.52. The summed E-state index contributed by atoms with van der Waals surface area (Å²) in [6.07, 6.45) is 3.65. The van der Waals surface area contributed by atoms with Gasteiger partial charge in [0.05, 0.1) is 18.1 Å². The minimum absolute atomic E-state index is 0.137. The number of rotatable bonds is 7. The molecule has 0 aromatic heterocycles. The normalized spacial score (nSPS) is 20.7. The maximum absolute atomic E-state index is 12.6. The van der Waals surface area contributed by atoms with Gasteiger partial charge in [-0.1, -0.05) is 12.1 Å². The first-order valence-corrected chi connectivity index (χ1v) is 11.9. The van der Waals surface area contributed by atoms with E-state index in [-0.39, 0.29) is 29.9 Å². The van der Waals surface area contributed by atoms with Gasteiger partial charge in [0.15, 0.2) is 6.61 Å². The molecule has 2 aliphatic heterocycles. The van der Waals surface area contributed by atoms with E-state index in [1.165, 1.54) is 4.31 Å². The first-order chi connectivity index (χ1) is 14.4. The molecule has 0 bridgehead atoms. The van der Waals surface area contributed by atoms with Crippen molar-refractivity contribution in [3.63, 3.8) is 0 Å². The van der Waals surface area contributed by atoms with Gasteiger partial charge in [-0.3, -0.25) is 9.59 Å². The topological polar surface area (TPSA) is 93.2 Å². The average molecular weight is 439 g/mol. The molecule has 2 saturated heterocycles. The smallest absolute Gasteiger partial charge is 0.306 e. The Morgan fingerprint density at radius 3 is 2.47 bits per heavy atom. The van der Waals surface area contributed by atoms with Crippen LogP contribution < -0.4 is 0 Å². The van der Waals surface area contributed by atoms with Gasteiger partial charge in [-0.2, -0.15) is 4.31 Å². The van der Waals surface area contributed by atoms with Crippen LogP contribution in [0.5, 0.6) is 0 Å². The van der Waals surface area contributed by atoms with Crippen molar-refractivity contribution in [1.29, 1.82) is 0 Å². The van der Waals surface area contributed by atoms with Gasteiger partial charge in [0.1, 0.15) is 0 Å². The quantitative estimate of drug-likeness (QED) is 0.600. The lowest BCUT2D eigenvalue weighted by atomic mass is 10.0. The Labute approximate surface area is 178 Å². The summed E-state index contributed by atoms with van der Waals surface area (Å²) in [6, 6.07) is 6.74. The highest BCUT2D eigenvalue weighted by molar-refractivity contribution is 7.89. The van der Waals surface area contributed by atoms with E-state index in [1.54, 1.807) is 29.2 Å². The third-order valence-electron chi connectivity index (χ3n) is 5.63. The number of esters is 1. The van der Waals surface area contributed by atoms with Gasteiger partial charge in [-0.25, -0.2) is 8.42 Å². The van der Waals surface area contributed by atoms with Crippen molar-refractivity contribution in [1.82, 2.24) is 9.21 Å². The lowest BCUT2D eigenvalue weighted by Crippen LogP contribution is -2.44. The van der Waals surface area contributed by atoms with Gasteiger partial charge in [0, 0.05) is 32.1 Å². The summed E-state index contributed by atoms with van der Waals surface area (Å²) >= 11 is 0. The summed E-state index contributed by atoms with van der Waals surface area (Å²) in [6.45, 7) is 4.02. The molecule has 0 aliphatic carbocycles. The van der Waals surface area contributed by atoms with Crippen molar-refractivity contribution in [2.45, 2.75) is 50.0 Å². The molecule has 166 valence electrons. The predicted octanol–water partition coefficient (Wildman–Crippen LogP) is 1.58. The largest absolute Gasteiger partial charge is 0.456 e. The number of morpholine rings is 1. The third kappa shape index (κ3) is 5.80. The van der Waals surface area contributed by atoms with Crippen molar-refractivity contribution in [2.75, 3.05) is 39.5 Å². The van der Waals surface area contributed by atoms with Crippen molar-refractivity contribution < 1.29 is 27.5 Å². The molecule has 1 aromatic rings. The molecule has 3 rings (SSSR count). The molecule has 0 N–H and O–H groups in total. The molecule has 0 radical (unpaired) electrons. The van der Waals surface area contributed by atoms with Gasteiger partial charge in [-0.15, -0.1) is 0 Å². The fourth-order valence-corrected chi connectivity index (χ4v) is 5.18. The van der Waals surface area contributed by atoms with Gasteiger partial charge < -0.3 is 14.4 Å². The van der Waals surface area contributed by atoms with E-state index >= 15 is 0 Å². The Balaban J connectivity index is 1.45. The maximum atomic E-state index is 12.6. The van der Waals surface area contributed by atoms with Crippen LogP contribution in [0.25, 0.3) is 0 Å². The highest BCUT2D eigenvalue weighted by Crippen LogP contribution is 2.19. The number of hydrogen-bond donors (Lipinski definition) is 0. The summed E-state index contributed by atoms with van der Waals surface area (Å²) in [5.41, 5.74) is 0.837. The lowest BCUT2D eigenvalue weighted by Gasteiger charge is -2.33. The Hall–Kier alpha value is -1.97. The van der Waals surface area contributed by atoms with Gasteiger partial charge in [-0.05, 0) is 50.3 Å². The molecule has 8 nitrogen and oxygen atoms in total. The molecule has 1 unspecified atom stereocenters. The van der Waals surface area contributed by atoms with E-state index < -0.39 is 16.0 Å². The number of ether oxygens (including phenoxy) is 2. The Morgan fingerprint density at radius 1 is 1.10 bits per heavy atom. The zero-order valence-corrected chi connectivity index (χ0v) is 18.2. The molecule has 9 heteroatoms. The summed E-state index contributed by atoms with van der Waals surface area (Å²) in [5, 5.41) is 0. The second kappa shape index (κ2) is 10.4. The van der Waals surface area contributed by atoms with Crippen molar-refractivity contribution in [3.05, 3.63) is 29.8 Å². The number of amides is 1. The second-order valence-electron chi connectivity index (χ2n) is 7.75. The third-order valence-corrected chi connectivity index (χ3v) is 7.54. The number of aryl methyl sites for hydroxylation is 1. The van der Waals surface area contributed by atoms with E-state index in [9.17, 15) is 18.0 Å². The molecule has 0 spiro atoms. The first kappa shape index (κ1) is 22.7. The molecule has 2 fully saturated rings. The van der Waals surface area contributed by atoms with E-state index in [1.807, 2.05) is 6.92 Å². The van der Waals surface area contributed by atoms with E-state index in [4.69, 9.17) is 9.47 Å². The fraction of sp³-hybridized carbons (Fsp3) is 0.619. The monoisotopic (exact) mass is 438 g/mol. The van der Waals surface area contributed by atoms with Crippen molar-refractivity contribution >= 4 is 21.9 Å². The molecule has 1 amide bonds. The number of likely N-dealkylation sites (tertiary alicyclic amines) is 1. The maximum Gasteiger partial charge on any atom is 0.306 e. The molecule has 1 aromatic carbocycles. The van der Waals surface area contributed by atoms with Crippen LogP contribution in [0.1, 0.15) is 38.2 Å². The number of piperidine rings is 1. The standard InChI is InChI=1S/C21H30N2O6S/c1-17-4-2-3-11-23(17)20(24)16-29-21(25)10-7-18-5-8-19(9-6-18)30(26,27)22-12-14-28-15-13-22/h5-6,8-9,17H,2-4,7,10-16H2,1H3. The van der Waals surface area contributed by atoms with Crippen LogP contribution in [0.3, 0.4) is 0 Å². The number of benzene rings is 1. The minimum atomic E-state index is -3.52. The van der Waals surface area contributed by atoms with E-state index in [2.05, 4.69) is 0 Å². The number of carbonyl (C=O) groups excluding carboxylic acids is 2. The van der Waals surface area contributed by atoms with Crippen LogP contribution in [0.4, 0.5) is 0 Å². The lowest BCUT2D eigenvalue weighted by molar-refractivity contribution is -0.153. The van der Waals surface area contributed by atoms with Gasteiger partial charge in [0.2, 0.25) is 10.0 Å².